The predicted octanol–water partition coefficient (Wildman–Crippen LogP) is 0.769. The number of alkyl halides is 6. The summed E-state index contributed by atoms with van der Waals surface area (Å²) in [5, 5.41) is 32.0. The first-order valence-corrected chi connectivity index (χ1v) is 4.44. The fraction of sp³-hybridized carbons (Fsp3) is 0.750. The van der Waals surface area contributed by atoms with Crippen molar-refractivity contribution in [3.63, 3.8) is 0 Å². The molecule has 0 rings (SSSR count). The van der Waals surface area contributed by atoms with Crippen LogP contribution in [0.4, 0.5) is 26.3 Å². The summed E-state index contributed by atoms with van der Waals surface area (Å²) in [4.78, 5) is 19.4. The van der Waals surface area contributed by atoms with E-state index in [4.69, 9.17) is 20.4 Å². The number of carbonyl (C=O) groups is 2. The fourth-order valence-corrected chi connectivity index (χ4v) is 0.243. The molecule has 0 saturated heterocycles. The molecule has 120 valence electrons. The highest BCUT2D eigenvalue weighted by atomic mass is 19.4. The van der Waals surface area contributed by atoms with Crippen molar-refractivity contribution in [3.05, 3.63) is 0 Å². The van der Waals surface area contributed by atoms with Crippen LogP contribution in [0, 0.1) is 0 Å². The Morgan fingerprint density at radius 3 is 0.850 bits per heavy atom. The maximum absolute atomic E-state index is 11.5. The number of rotatable bonds is 2. The average Bonchev–Trinajstić information content (AvgIpc) is 2.14. The van der Waals surface area contributed by atoms with Crippen LogP contribution in [0.1, 0.15) is 13.8 Å². The second-order valence-corrected chi connectivity index (χ2v) is 3.75. The van der Waals surface area contributed by atoms with Crippen molar-refractivity contribution in [2.75, 3.05) is 0 Å². The molecule has 0 aliphatic heterocycles. The van der Waals surface area contributed by atoms with Crippen LogP contribution >= 0.6 is 0 Å². The second kappa shape index (κ2) is 5.83. The third-order valence-corrected chi connectivity index (χ3v) is 1.94. The van der Waals surface area contributed by atoms with Crippen LogP contribution in [-0.2, 0) is 9.59 Å². The molecule has 0 amide bonds. The van der Waals surface area contributed by atoms with Crippen molar-refractivity contribution >= 4 is 11.9 Å². The molecular formula is C8H10F6O6. The first-order chi connectivity index (χ1) is 8.39. The number of aliphatic carboxylic acids is 2. The molecule has 0 saturated carbocycles. The van der Waals surface area contributed by atoms with Crippen molar-refractivity contribution in [1.29, 1.82) is 0 Å². The van der Waals surface area contributed by atoms with E-state index >= 15 is 0 Å². The molecular weight excluding hydrogens is 306 g/mol. The largest absolute Gasteiger partial charge is 0.479 e. The van der Waals surface area contributed by atoms with Crippen LogP contribution in [0.25, 0.3) is 0 Å². The Bertz CT molecular complexity index is 333. The molecule has 4 N–H and O–H groups in total. The van der Waals surface area contributed by atoms with Gasteiger partial charge >= 0.3 is 24.3 Å². The Kier molecular flexibility index (Phi) is 6.05. The third-order valence-electron chi connectivity index (χ3n) is 1.94. The summed E-state index contributed by atoms with van der Waals surface area (Å²) in [5.41, 5.74) is -7.29. The minimum atomic E-state index is -5.13. The molecule has 12 heteroatoms. The molecule has 0 fully saturated rings. The van der Waals surface area contributed by atoms with Crippen LogP contribution in [0.5, 0.6) is 0 Å². The van der Waals surface area contributed by atoms with E-state index in [1.165, 1.54) is 0 Å². The molecule has 0 aliphatic rings. The van der Waals surface area contributed by atoms with Crippen LogP contribution in [0.3, 0.4) is 0 Å². The normalized spacial score (nSPS) is 18.1. The first kappa shape index (κ1) is 20.8. The van der Waals surface area contributed by atoms with Gasteiger partial charge < -0.3 is 20.4 Å². The van der Waals surface area contributed by atoms with Crippen molar-refractivity contribution < 1.29 is 56.4 Å². The number of hydrogen-bond donors (Lipinski definition) is 4. The monoisotopic (exact) mass is 316 g/mol. The van der Waals surface area contributed by atoms with Crippen LogP contribution in [-0.4, -0.2) is 55.9 Å². The number of carboxylic acids is 2. The lowest BCUT2D eigenvalue weighted by atomic mass is 10.1. The van der Waals surface area contributed by atoms with E-state index in [9.17, 15) is 35.9 Å². The zero-order valence-corrected chi connectivity index (χ0v) is 9.87. The summed E-state index contributed by atoms with van der Waals surface area (Å²) in [6, 6.07) is 0. The number of hydrogen-bond acceptors (Lipinski definition) is 4. The van der Waals surface area contributed by atoms with E-state index in [-0.39, 0.29) is 13.8 Å². The van der Waals surface area contributed by atoms with E-state index < -0.39 is 35.5 Å². The topological polar surface area (TPSA) is 115 Å². The van der Waals surface area contributed by atoms with E-state index in [0.717, 1.165) is 0 Å². The minimum Gasteiger partial charge on any atom is -0.479 e. The summed E-state index contributed by atoms with van der Waals surface area (Å²) < 4.78 is 68.7. The molecule has 0 spiro atoms. The predicted molar refractivity (Wildman–Crippen MR) is 48.6 cm³/mol. The van der Waals surface area contributed by atoms with Gasteiger partial charge in [0.15, 0.2) is 0 Å². The minimum absolute atomic E-state index is 0.176. The van der Waals surface area contributed by atoms with Crippen molar-refractivity contribution in [2.24, 2.45) is 0 Å². The Balaban J connectivity index is 0. The van der Waals surface area contributed by atoms with E-state index in [1.54, 1.807) is 0 Å². The molecule has 0 aliphatic carbocycles. The van der Waals surface area contributed by atoms with Gasteiger partial charge in [-0.1, -0.05) is 0 Å². The summed E-state index contributed by atoms with van der Waals surface area (Å²) in [5.74, 6) is -4.61. The van der Waals surface area contributed by atoms with E-state index in [0.29, 0.717) is 0 Å². The molecule has 6 nitrogen and oxygen atoms in total. The smallest absolute Gasteiger partial charge is 0.427 e. The quantitative estimate of drug-likeness (QED) is 0.559. The Morgan fingerprint density at radius 2 is 0.850 bits per heavy atom. The maximum Gasteiger partial charge on any atom is 0.427 e. The molecule has 0 aromatic heterocycles. The van der Waals surface area contributed by atoms with Gasteiger partial charge in [0, 0.05) is 0 Å². The SMILES string of the molecule is C[C@@](O)(C(=O)O)C(F)(F)F.C[C@](O)(C(=O)O)C(F)(F)F. The lowest BCUT2D eigenvalue weighted by Crippen LogP contribution is -2.49. The van der Waals surface area contributed by atoms with Gasteiger partial charge in [0.05, 0.1) is 0 Å². The van der Waals surface area contributed by atoms with Crippen molar-refractivity contribution in [1.82, 2.24) is 0 Å². The van der Waals surface area contributed by atoms with Gasteiger partial charge in [-0.15, -0.1) is 0 Å². The standard InChI is InChI=1S/2C4H5F3O3/c2*1-3(10,2(8)9)4(5,6)7/h2*10H,1H3,(H,8,9)/t2*3-/m10/s1. The average molecular weight is 316 g/mol. The third kappa shape index (κ3) is 4.85. The van der Waals surface area contributed by atoms with Gasteiger partial charge in [-0.05, 0) is 13.8 Å². The Morgan fingerprint density at radius 1 is 0.700 bits per heavy atom. The molecule has 0 unspecified atom stereocenters. The van der Waals surface area contributed by atoms with Gasteiger partial charge in [-0.25, -0.2) is 9.59 Å². The molecule has 2 atom stereocenters. The lowest BCUT2D eigenvalue weighted by molar-refractivity contribution is -0.254. The second-order valence-electron chi connectivity index (χ2n) is 3.75. The molecule has 0 aromatic rings. The Labute approximate surface area is 107 Å². The molecule has 0 radical (unpaired) electrons. The highest BCUT2D eigenvalue weighted by Crippen LogP contribution is 2.30. The highest BCUT2D eigenvalue weighted by Gasteiger charge is 2.56. The van der Waals surface area contributed by atoms with Crippen LogP contribution in [0.15, 0.2) is 0 Å². The van der Waals surface area contributed by atoms with Crippen LogP contribution in [0.2, 0.25) is 0 Å². The molecule has 0 heterocycles. The van der Waals surface area contributed by atoms with Gasteiger partial charge in [0.1, 0.15) is 0 Å². The first-order valence-electron chi connectivity index (χ1n) is 4.44. The van der Waals surface area contributed by atoms with Gasteiger partial charge in [0.2, 0.25) is 0 Å². The number of aliphatic hydroxyl groups is 2. The van der Waals surface area contributed by atoms with Crippen molar-refractivity contribution in [3.8, 4) is 0 Å². The van der Waals surface area contributed by atoms with E-state index in [2.05, 4.69) is 0 Å². The summed E-state index contributed by atoms with van der Waals surface area (Å²) in [6.45, 7) is 0.352. The van der Waals surface area contributed by atoms with Crippen molar-refractivity contribution in [2.45, 2.75) is 37.4 Å². The fourth-order valence-electron chi connectivity index (χ4n) is 0.243. The maximum atomic E-state index is 11.5. The number of halogens is 6. The molecule has 0 bridgehead atoms. The van der Waals surface area contributed by atoms with E-state index in [1.807, 2.05) is 0 Å². The zero-order valence-electron chi connectivity index (χ0n) is 9.87. The van der Waals surface area contributed by atoms with Gasteiger partial charge in [-0.3, -0.25) is 0 Å². The molecule has 20 heavy (non-hydrogen) atoms. The van der Waals surface area contributed by atoms with Gasteiger partial charge in [-0.2, -0.15) is 26.3 Å². The lowest BCUT2D eigenvalue weighted by Gasteiger charge is -2.20. The van der Waals surface area contributed by atoms with Crippen LogP contribution < -0.4 is 0 Å². The highest BCUT2D eigenvalue weighted by molar-refractivity contribution is 5.78. The zero-order chi connectivity index (χ0) is 17.2. The molecule has 0 aromatic carbocycles. The Hall–Kier alpha value is -1.56. The summed E-state index contributed by atoms with van der Waals surface area (Å²) in [7, 11) is 0. The summed E-state index contributed by atoms with van der Waals surface area (Å²) >= 11 is 0. The number of carboxylic acid groups (broad SMARTS) is 2. The summed E-state index contributed by atoms with van der Waals surface area (Å²) in [6.07, 6.45) is -10.3. The van der Waals surface area contributed by atoms with Gasteiger partial charge in [0.25, 0.3) is 11.2 Å².